The average Bonchev–Trinajstić information content (AvgIpc) is 2.34. The third-order valence-corrected chi connectivity index (χ3v) is 3.23. The van der Waals surface area contributed by atoms with Gasteiger partial charge < -0.3 is 4.18 Å². The molecule has 0 spiro atoms. The quantitative estimate of drug-likeness (QED) is 0.471. The second-order valence-electron chi connectivity index (χ2n) is 3.85. The largest absolute Gasteiger partial charge is 0.534 e. The van der Waals surface area contributed by atoms with E-state index in [1.165, 1.54) is 6.08 Å². The summed E-state index contributed by atoms with van der Waals surface area (Å²) in [6.07, 6.45) is 4.96. The molecule has 0 radical (unpaired) electrons. The van der Waals surface area contributed by atoms with Crippen molar-refractivity contribution >= 4 is 16.2 Å². The van der Waals surface area contributed by atoms with Gasteiger partial charge in [-0.05, 0) is 25.0 Å². The van der Waals surface area contributed by atoms with Gasteiger partial charge in [-0.25, -0.2) is 0 Å². The first kappa shape index (κ1) is 16.3. The molecule has 20 heavy (non-hydrogen) atoms. The van der Waals surface area contributed by atoms with Crippen LogP contribution in [0, 0.1) is 0 Å². The van der Waals surface area contributed by atoms with Crippen molar-refractivity contribution in [3.05, 3.63) is 53.8 Å². The Hall–Kier alpha value is -1.76. The first-order chi connectivity index (χ1) is 9.22. The van der Waals surface area contributed by atoms with E-state index in [0.29, 0.717) is 0 Å². The first-order valence-electron chi connectivity index (χ1n) is 5.61. The van der Waals surface area contributed by atoms with Gasteiger partial charge in [0.2, 0.25) is 0 Å². The van der Waals surface area contributed by atoms with Crippen LogP contribution in [0.1, 0.15) is 18.9 Å². The highest BCUT2D eigenvalue weighted by atomic mass is 32.2. The molecule has 0 fully saturated rings. The molecule has 0 bridgehead atoms. The Morgan fingerprint density at radius 3 is 2.40 bits per heavy atom. The molecule has 0 amide bonds. The first-order valence-corrected chi connectivity index (χ1v) is 7.02. The van der Waals surface area contributed by atoms with Gasteiger partial charge in [0.15, 0.2) is 0 Å². The molecule has 3 nitrogen and oxygen atoms in total. The minimum absolute atomic E-state index is 0.258. The number of benzene rings is 1. The highest BCUT2D eigenvalue weighted by Gasteiger charge is 2.48. The van der Waals surface area contributed by atoms with Gasteiger partial charge >= 0.3 is 15.6 Å². The molecule has 110 valence electrons. The Morgan fingerprint density at radius 2 is 1.85 bits per heavy atom. The molecule has 0 aliphatic heterocycles. The van der Waals surface area contributed by atoms with Crippen LogP contribution in [0.5, 0.6) is 0 Å². The molecule has 0 aliphatic rings. The number of allylic oxidation sites excluding steroid dienone is 3. The van der Waals surface area contributed by atoms with Crippen LogP contribution >= 0.6 is 0 Å². The van der Waals surface area contributed by atoms with Crippen molar-refractivity contribution in [1.82, 2.24) is 0 Å². The van der Waals surface area contributed by atoms with Crippen molar-refractivity contribution in [2.75, 3.05) is 0 Å². The third-order valence-electron chi connectivity index (χ3n) is 2.18. The van der Waals surface area contributed by atoms with Crippen LogP contribution < -0.4 is 0 Å². The molecule has 0 atom stereocenters. The van der Waals surface area contributed by atoms with Crippen LogP contribution in [0.3, 0.4) is 0 Å². The molecule has 7 heteroatoms. The van der Waals surface area contributed by atoms with E-state index in [9.17, 15) is 21.6 Å². The van der Waals surface area contributed by atoms with Gasteiger partial charge in [0.1, 0.15) is 5.76 Å². The number of rotatable bonds is 5. The molecule has 0 aliphatic carbocycles. The summed E-state index contributed by atoms with van der Waals surface area (Å²) in [5, 5.41) is 0. The molecule has 0 saturated carbocycles. The summed E-state index contributed by atoms with van der Waals surface area (Å²) in [6.45, 7) is 1.15. The smallest absolute Gasteiger partial charge is 0.381 e. The van der Waals surface area contributed by atoms with Gasteiger partial charge in [-0.1, -0.05) is 42.5 Å². The Morgan fingerprint density at radius 1 is 1.25 bits per heavy atom. The fourth-order valence-corrected chi connectivity index (χ4v) is 1.77. The van der Waals surface area contributed by atoms with Crippen molar-refractivity contribution in [2.45, 2.75) is 18.9 Å². The van der Waals surface area contributed by atoms with Crippen LogP contribution in [0.15, 0.2) is 48.2 Å². The molecule has 1 aromatic rings. The van der Waals surface area contributed by atoms with Crippen LogP contribution in [0.25, 0.3) is 6.08 Å². The van der Waals surface area contributed by atoms with E-state index in [4.69, 9.17) is 0 Å². The van der Waals surface area contributed by atoms with Gasteiger partial charge in [0.05, 0.1) is 0 Å². The Bertz CT molecular complexity index is 587. The molecule has 0 unspecified atom stereocenters. The van der Waals surface area contributed by atoms with Gasteiger partial charge in [-0.2, -0.15) is 21.6 Å². The SMILES string of the molecule is C/C(=C\C/C=C\c1ccccc1)OS(=O)(=O)C(F)(F)F. The normalized spacial score (nSPS) is 13.7. The van der Waals surface area contributed by atoms with Crippen LogP contribution in [-0.2, 0) is 14.3 Å². The number of hydrogen-bond donors (Lipinski definition) is 0. The molecular weight excluding hydrogens is 293 g/mol. The lowest BCUT2D eigenvalue weighted by Gasteiger charge is -2.09. The minimum Gasteiger partial charge on any atom is -0.381 e. The van der Waals surface area contributed by atoms with Gasteiger partial charge in [-0.15, -0.1) is 0 Å². The highest BCUT2D eigenvalue weighted by molar-refractivity contribution is 7.87. The molecule has 0 heterocycles. The molecule has 1 rings (SSSR count). The topological polar surface area (TPSA) is 43.4 Å². The lowest BCUT2D eigenvalue weighted by molar-refractivity contribution is -0.0521. The van der Waals surface area contributed by atoms with E-state index in [0.717, 1.165) is 12.5 Å². The zero-order valence-electron chi connectivity index (χ0n) is 10.6. The maximum atomic E-state index is 12.0. The van der Waals surface area contributed by atoms with E-state index in [1.807, 2.05) is 30.3 Å². The fourth-order valence-electron chi connectivity index (χ4n) is 1.26. The van der Waals surface area contributed by atoms with Crippen LogP contribution in [-0.4, -0.2) is 13.9 Å². The Labute approximate surface area is 115 Å². The van der Waals surface area contributed by atoms with E-state index in [-0.39, 0.29) is 12.2 Å². The summed E-state index contributed by atoms with van der Waals surface area (Å²) in [7, 11) is -5.58. The predicted octanol–water partition coefficient (Wildman–Crippen LogP) is 3.86. The second-order valence-corrected chi connectivity index (χ2v) is 5.38. The highest BCUT2D eigenvalue weighted by Crippen LogP contribution is 2.26. The number of hydrogen-bond acceptors (Lipinski definition) is 3. The van der Waals surface area contributed by atoms with Gasteiger partial charge in [-0.3, -0.25) is 0 Å². The Balaban J connectivity index is 2.57. The predicted molar refractivity (Wildman–Crippen MR) is 69.9 cm³/mol. The third kappa shape index (κ3) is 5.08. The van der Waals surface area contributed by atoms with Crippen molar-refractivity contribution in [3.63, 3.8) is 0 Å². The summed E-state index contributed by atoms with van der Waals surface area (Å²) in [4.78, 5) is 0. The number of halogens is 3. The van der Waals surface area contributed by atoms with Crippen LogP contribution in [0.4, 0.5) is 13.2 Å². The maximum Gasteiger partial charge on any atom is 0.534 e. The summed E-state index contributed by atoms with van der Waals surface area (Å²) in [6, 6.07) is 9.27. The molecule has 0 aromatic heterocycles. The summed E-state index contributed by atoms with van der Waals surface area (Å²) in [5.41, 5.74) is -4.48. The van der Waals surface area contributed by atoms with E-state index in [2.05, 4.69) is 4.18 Å². The maximum absolute atomic E-state index is 12.0. The lowest BCUT2D eigenvalue weighted by Crippen LogP contribution is -2.24. The second kappa shape index (κ2) is 6.60. The summed E-state index contributed by atoms with van der Waals surface area (Å²) < 4.78 is 61.5. The zero-order chi connectivity index (χ0) is 15.2. The molecule has 0 N–H and O–H groups in total. The standard InChI is InChI=1S/C13H13F3O3S/c1-11(19-20(17,18)13(14,15)16)7-5-6-10-12-8-3-2-4-9-12/h2-4,6-10H,5H2,1H3/b10-6-,11-7+. The monoisotopic (exact) mass is 306 g/mol. The summed E-state index contributed by atoms with van der Waals surface area (Å²) >= 11 is 0. The van der Waals surface area contributed by atoms with Crippen LogP contribution in [0.2, 0.25) is 0 Å². The summed E-state index contributed by atoms with van der Waals surface area (Å²) in [5.74, 6) is -0.319. The molecule has 1 aromatic carbocycles. The molecular formula is C13H13F3O3S. The minimum atomic E-state index is -5.58. The van der Waals surface area contributed by atoms with Crippen molar-refractivity contribution in [1.29, 1.82) is 0 Å². The van der Waals surface area contributed by atoms with E-state index < -0.39 is 15.6 Å². The van der Waals surface area contributed by atoms with Gasteiger partial charge in [0.25, 0.3) is 0 Å². The zero-order valence-corrected chi connectivity index (χ0v) is 11.4. The Kier molecular flexibility index (Phi) is 5.38. The van der Waals surface area contributed by atoms with Gasteiger partial charge in [0, 0.05) is 0 Å². The average molecular weight is 306 g/mol. The van der Waals surface area contributed by atoms with Crippen molar-refractivity contribution in [2.24, 2.45) is 0 Å². The van der Waals surface area contributed by atoms with Crippen molar-refractivity contribution < 1.29 is 25.8 Å². The lowest BCUT2D eigenvalue weighted by atomic mass is 10.2. The molecule has 0 saturated heterocycles. The van der Waals surface area contributed by atoms with E-state index in [1.54, 1.807) is 12.2 Å². The van der Waals surface area contributed by atoms with Crippen molar-refractivity contribution in [3.8, 4) is 0 Å². The fraction of sp³-hybridized carbons (Fsp3) is 0.231. The number of alkyl halides is 3. The van der Waals surface area contributed by atoms with E-state index >= 15 is 0 Å².